The molecule has 0 spiro atoms. The summed E-state index contributed by atoms with van der Waals surface area (Å²) in [7, 11) is -1.56. The Morgan fingerprint density at radius 1 is 1.12 bits per heavy atom. The van der Waals surface area contributed by atoms with Crippen LogP contribution in [0.2, 0.25) is 0 Å². The van der Waals surface area contributed by atoms with Crippen LogP contribution in [0.3, 0.4) is 0 Å². The van der Waals surface area contributed by atoms with Gasteiger partial charge in [-0.2, -0.15) is 4.31 Å². The maximum atomic E-state index is 13.1. The van der Waals surface area contributed by atoms with Gasteiger partial charge < -0.3 is 9.47 Å². The highest BCUT2D eigenvalue weighted by Crippen LogP contribution is 2.25. The molecule has 0 saturated carbocycles. The van der Waals surface area contributed by atoms with Crippen molar-refractivity contribution in [2.24, 2.45) is 7.05 Å². The van der Waals surface area contributed by atoms with E-state index in [-0.39, 0.29) is 11.9 Å². The number of fused-ring (bicyclic) bond motifs is 1. The van der Waals surface area contributed by atoms with Gasteiger partial charge in [0.25, 0.3) is 0 Å². The van der Waals surface area contributed by atoms with Crippen molar-refractivity contribution in [3.05, 3.63) is 24.0 Å². The number of unbranched alkanes of at least 4 members (excludes halogenated alkanes) is 2. The summed E-state index contributed by atoms with van der Waals surface area (Å²) in [5.74, 6) is 0.991. The summed E-state index contributed by atoms with van der Waals surface area (Å²) >= 11 is 0. The van der Waals surface area contributed by atoms with Gasteiger partial charge in [0.2, 0.25) is 15.9 Å². The number of amides is 1. The average Bonchev–Trinajstić information content (AvgIpc) is 3.15. The van der Waals surface area contributed by atoms with Gasteiger partial charge in [0.1, 0.15) is 5.82 Å². The van der Waals surface area contributed by atoms with Gasteiger partial charge >= 0.3 is 0 Å². The van der Waals surface area contributed by atoms with Gasteiger partial charge in [-0.25, -0.2) is 13.4 Å². The summed E-state index contributed by atoms with van der Waals surface area (Å²) in [6.45, 7) is 8.46. The number of aromatic nitrogens is 2. The van der Waals surface area contributed by atoms with Crippen LogP contribution in [0.4, 0.5) is 0 Å². The molecule has 1 aromatic carbocycles. The lowest BCUT2D eigenvalue weighted by molar-refractivity contribution is -0.133. The molecule has 0 N–H and O–H groups in total. The Hall–Kier alpha value is -1.93. The van der Waals surface area contributed by atoms with Crippen LogP contribution in [0.15, 0.2) is 23.1 Å². The minimum absolute atomic E-state index is 0.178. The Balaban J connectivity index is 1.74. The number of hydrogen-bond donors (Lipinski definition) is 0. The number of hydrogen-bond acceptors (Lipinski definition) is 4. The van der Waals surface area contributed by atoms with Crippen LogP contribution < -0.4 is 0 Å². The van der Waals surface area contributed by atoms with Crippen molar-refractivity contribution >= 4 is 27.0 Å². The highest BCUT2D eigenvalue weighted by molar-refractivity contribution is 7.89. The SMILES string of the molecule is CCCCCN(C(=O)CCc1nc2cc(S(=O)(=O)N3CCCCC3)ccc2n1C)C(C)CCC. The van der Waals surface area contributed by atoms with Crippen LogP contribution >= 0.6 is 0 Å². The molecule has 8 heteroatoms. The van der Waals surface area contributed by atoms with Crippen LogP contribution in [0, 0.1) is 0 Å². The third kappa shape index (κ3) is 6.19. The highest BCUT2D eigenvalue weighted by Gasteiger charge is 2.27. The molecular formula is C26H42N4O3S. The fraction of sp³-hybridized carbons (Fsp3) is 0.692. The van der Waals surface area contributed by atoms with E-state index in [9.17, 15) is 13.2 Å². The summed E-state index contributed by atoms with van der Waals surface area (Å²) in [5, 5.41) is 0. The van der Waals surface area contributed by atoms with Gasteiger partial charge in [0.15, 0.2) is 0 Å². The van der Waals surface area contributed by atoms with E-state index >= 15 is 0 Å². The Labute approximate surface area is 205 Å². The topological polar surface area (TPSA) is 75.5 Å². The normalized spacial score (nSPS) is 16.1. The summed E-state index contributed by atoms with van der Waals surface area (Å²) < 4.78 is 29.7. The number of benzene rings is 1. The van der Waals surface area contributed by atoms with E-state index in [0.717, 1.165) is 69.3 Å². The number of carbonyl (C=O) groups is 1. The van der Waals surface area contributed by atoms with Crippen molar-refractivity contribution < 1.29 is 13.2 Å². The molecule has 0 bridgehead atoms. The minimum Gasteiger partial charge on any atom is -0.340 e. The van der Waals surface area contributed by atoms with Crippen LogP contribution in [0.1, 0.15) is 84.4 Å². The van der Waals surface area contributed by atoms with E-state index in [1.807, 2.05) is 22.6 Å². The monoisotopic (exact) mass is 490 g/mol. The van der Waals surface area contributed by atoms with E-state index in [1.165, 1.54) is 0 Å². The smallest absolute Gasteiger partial charge is 0.243 e. The van der Waals surface area contributed by atoms with Gasteiger partial charge in [-0.05, 0) is 50.8 Å². The van der Waals surface area contributed by atoms with E-state index in [0.29, 0.717) is 36.3 Å². The largest absolute Gasteiger partial charge is 0.340 e. The molecule has 7 nitrogen and oxygen atoms in total. The summed E-state index contributed by atoms with van der Waals surface area (Å²) in [4.78, 5) is 20.2. The number of nitrogens with zero attached hydrogens (tertiary/aromatic N) is 4. The number of sulfonamides is 1. The van der Waals surface area contributed by atoms with Crippen molar-refractivity contribution in [3.8, 4) is 0 Å². The molecule has 1 aromatic heterocycles. The lowest BCUT2D eigenvalue weighted by Gasteiger charge is -2.29. The first-order valence-electron chi connectivity index (χ1n) is 13.0. The highest BCUT2D eigenvalue weighted by atomic mass is 32.2. The summed E-state index contributed by atoms with van der Waals surface area (Å²) in [5.41, 5.74) is 1.56. The van der Waals surface area contributed by atoms with Crippen molar-refractivity contribution in [2.45, 2.75) is 95.9 Å². The maximum absolute atomic E-state index is 13.1. The second kappa shape index (κ2) is 12.2. The van der Waals surface area contributed by atoms with Gasteiger partial charge in [-0.3, -0.25) is 4.79 Å². The molecule has 1 aliphatic rings. The summed E-state index contributed by atoms with van der Waals surface area (Å²) in [6, 6.07) is 5.46. The standard InChI is InChI=1S/C26H42N4O3S/c1-5-7-9-19-30(21(3)12-6-2)26(31)16-15-25-27-23-20-22(13-14-24(23)28(25)4)34(32,33)29-17-10-8-11-18-29/h13-14,20-21H,5-12,15-19H2,1-4H3. The molecule has 2 aromatic rings. The average molecular weight is 491 g/mol. The van der Waals surface area contributed by atoms with Gasteiger partial charge in [0.05, 0.1) is 15.9 Å². The molecular weight excluding hydrogens is 448 g/mol. The first-order valence-corrected chi connectivity index (χ1v) is 14.5. The molecule has 1 amide bonds. The molecule has 0 aliphatic carbocycles. The van der Waals surface area contributed by atoms with Crippen LogP contribution in [0.25, 0.3) is 11.0 Å². The number of carbonyl (C=O) groups excluding carboxylic acids is 1. The second-order valence-corrected chi connectivity index (χ2v) is 11.6. The predicted octanol–water partition coefficient (Wildman–Crippen LogP) is 4.89. The van der Waals surface area contributed by atoms with Crippen molar-refractivity contribution in [3.63, 3.8) is 0 Å². The first-order chi connectivity index (χ1) is 16.3. The zero-order valence-electron chi connectivity index (χ0n) is 21.4. The first kappa shape index (κ1) is 26.7. The number of piperidine rings is 1. The molecule has 1 fully saturated rings. The van der Waals surface area contributed by atoms with Gasteiger partial charge in [-0.1, -0.05) is 39.5 Å². The zero-order valence-corrected chi connectivity index (χ0v) is 22.2. The maximum Gasteiger partial charge on any atom is 0.243 e. The molecule has 1 atom stereocenters. The Morgan fingerprint density at radius 2 is 1.85 bits per heavy atom. The van der Waals surface area contributed by atoms with Gasteiger partial charge in [-0.15, -0.1) is 0 Å². The molecule has 1 aliphatic heterocycles. The predicted molar refractivity (Wildman–Crippen MR) is 137 cm³/mol. The minimum atomic E-state index is -3.50. The molecule has 1 unspecified atom stereocenters. The molecule has 1 saturated heterocycles. The third-order valence-corrected chi connectivity index (χ3v) is 8.92. The molecule has 0 radical (unpaired) electrons. The Bertz CT molecular complexity index is 1060. The van der Waals surface area contributed by atoms with E-state index in [1.54, 1.807) is 16.4 Å². The molecule has 3 rings (SSSR count). The van der Waals surface area contributed by atoms with E-state index in [4.69, 9.17) is 4.98 Å². The molecule has 34 heavy (non-hydrogen) atoms. The van der Waals surface area contributed by atoms with Gasteiger partial charge in [0, 0.05) is 45.6 Å². The van der Waals surface area contributed by atoms with Crippen molar-refractivity contribution in [1.82, 2.24) is 18.8 Å². The van der Waals surface area contributed by atoms with Crippen LogP contribution in [-0.4, -0.2) is 58.8 Å². The number of imidazole rings is 1. The fourth-order valence-electron chi connectivity index (χ4n) is 4.93. The van der Waals surface area contributed by atoms with E-state index in [2.05, 4.69) is 20.8 Å². The Morgan fingerprint density at radius 3 is 2.53 bits per heavy atom. The Kier molecular flexibility index (Phi) is 9.54. The lowest BCUT2D eigenvalue weighted by atomic mass is 10.1. The lowest BCUT2D eigenvalue weighted by Crippen LogP contribution is -2.39. The molecule has 2 heterocycles. The third-order valence-electron chi connectivity index (χ3n) is 7.02. The van der Waals surface area contributed by atoms with Crippen molar-refractivity contribution in [2.75, 3.05) is 19.6 Å². The summed E-state index contributed by atoms with van der Waals surface area (Å²) in [6.07, 6.45) is 9.25. The fourth-order valence-corrected chi connectivity index (χ4v) is 6.46. The van der Waals surface area contributed by atoms with E-state index < -0.39 is 10.0 Å². The zero-order chi connectivity index (χ0) is 24.7. The quantitative estimate of drug-likeness (QED) is 0.397. The van der Waals surface area contributed by atoms with Crippen LogP contribution in [-0.2, 0) is 28.3 Å². The van der Waals surface area contributed by atoms with Crippen LogP contribution in [0.5, 0.6) is 0 Å². The van der Waals surface area contributed by atoms with Crippen molar-refractivity contribution in [1.29, 1.82) is 0 Å². The molecule has 190 valence electrons. The second-order valence-electron chi connectivity index (χ2n) is 9.63. The number of rotatable bonds is 12. The number of aryl methyl sites for hydroxylation is 2.